The number of furan rings is 1. The second-order valence-electron chi connectivity index (χ2n) is 6.94. The molecular weight excluding hydrogens is 432 g/mol. The van der Waals surface area contributed by atoms with E-state index >= 15 is 0 Å². The van der Waals surface area contributed by atoms with Crippen molar-refractivity contribution in [2.45, 2.75) is 6.54 Å². The summed E-state index contributed by atoms with van der Waals surface area (Å²) in [4.78, 5) is 17.3. The number of hydrogen-bond acceptors (Lipinski definition) is 5. The lowest BCUT2D eigenvalue weighted by molar-refractivity contribution is -0.124. The van der Waals surface area contributed by atoms with Crippen LogP contribution in [0.5, 0.6) is 0 Å². The average Bonchev–Trinajstić information content (AvgIpc) is 3.50. The Balaban J connectivity index is 1.49. The summed E-state index contributed by atoms with van der Waals surface area (Å²) in [6, 6.07) is 19.3. The van der Waals surface area contributed by atoms with Crippen molar-refractivity contribution < 1.29 is 9.21 Å². The minimum absolute atomic E-state index is 0.00991. The molecule has 0 unspecified atom stereocenters. The monoisotopic (exact) mass is 448 g/mol. The number of carbonyl (C=O) groups excluding carboxylic acids is 1. The van der Waals surface area contributed by atoms with Gasteiger partial charge >= 0.3 is 0 Å². The van der Waals surface area contributed by atoms with Gasteiger partial charge in [-0.25, -0.2) is 0 Å². The average molecular weight is 449 g/mol. The number of aromatic amines is 1. The van der Waals surface area contributed by atoms with Crippen molar-refractivity contribution in [2.75, 3.05) is 5.75 Å². The number of nitrogens with zero attached hydrogens (tertiary/aromatic N) is 3. The van der Waals surface area contributed by atoms with E-state index in [9.17, 15) is 4.79 Å². The van der Waals surface area contributed by atoms with Gasteiger partial charge in [-0.05, 0) is 35.9 Å². The summed E-state index contributed by atoms with van der Waals surface area (Å²) < 4.78 is 5.37. The van der Waals surface area contributed by atoms with Crippen LogP contribution < -0.4 is 0 Å². The number of hydrogen-bond donors (Lipinski definition) is 1. The third-order valence-electron chi connectivity index (χ3n) is 4.96. The molecule has 1 amide bonds. The highest BCUT2D eigenvalue weighted by atomic mass is 35.5. The van der Waals surface area contributed by atoms with Crippen LogP contribution in [0.25, 0.3) is 22.2 Å². The molecule has 3 heterocycles. The SMILES string of the molecule is O=C1CS/C(=N/N=C/c2c(-c3ccc(Cl)cc3)[nH]c3ccccc23)N1Cc1ccco1. The Labute approximate surface area is 187 Å². The van der Waals surface area contributed by atoms with Gasteiger partial charge < -0.3 is 9.40 Å². The Morgan fingerprint density at radius 3 is 2.77 bits per heavy atom. The minimum Gasteiger partial charge on any atom is -0.467 e. The molecule has 31 heavy (non-hydrogen) atoms. The van der Waals surface area contributed by atoms with Crippen molar-refractivity contribution in [1.29, 1.82) is 0 Å². The van der Waals surface area contributed by atoms with Crippen molar-refractivity contribution in [3.05, 3.63) is 83.3 Å². The van der Waals surface area contributed by atoms with Crippen molar-refractivity contribution in [2.24, 2.45) is 10.2 Å². The van der Waals surface area contributed by atoms with Crippen molar-refractivity contribution in [3.8, 4) is 11.3 Å². The molecule has 1 N–H and O–H groups in total. The molecule has 1 aliphatic rings. The quantitative estimate of drug-likeness (QED) is 0.321. The van der Waals surface area contributed by atoms with Gasteiger partial charge in [0.15, 0.2) is 5.17 Å². The number of carbonyl (C=O) groups is 1. The normalized spacial score (nSPS) is 15.7. The minimum atomic E-state index is -0.00991. The molecule has 154 valence electrons. The summed E-state index contributed by atoms with van der Waals surface area (Å²) >= 11 is 7.43. The van der Waals surface area contributed by atoms with E-state index in [1.807, 2.05) is 54.6 Å². The van der Waals surface area contributed by atoms with E-state index in [4.69, 9.17) is 16.0 Å². The largest absolute Gasteiger partial charge is 0.467 e. The maximum atomic E-state index is 12.3. The highest BCUT2D eigenvalue weighted by molar-refractivity contribution is 8.15. The molecule has 0 atom stereocenters. The van der Waals surface area contributed by atoms with Crippen LogP contribution in [0.15, 0.2) is 81.5 Å². The number of benzene rings is 2. The molecule has 1 fully saturated rings. The van der Waals surface area contributed by atoms with Crippen LogP contribution in [0.2, 0.25) is 5.02 Å². The molecular formula is C23H17ClN4O2S. The number of thioether (sulfide) groups is 1. The van der Waals surface area contributed by atoms with E-state index in [0.717, 1.165) is 27.7 Å². The van der Waals surface area contributed by atoms with Crippen LogP contribution in [0.4, 0.5) is 0 Å². The van der Waals surface area contributed by atoms with Gasteiger partial charge in [-0.15, -0.1) is 5.10 Å². The predicted octanol–water partition coefficient (Wildman–Crippen LogP) is 5.55. The summed E-state index contributed by atoms with van der Waals surface area (Å²) in [6.07, 6.45) is 3.32. The van der Waals surface area contributed by atoms with Crippen LogP contribution in [-0.2, 0) is 11.3 Å². The number of amides is 1. The number of aromatic nitrogens is 1. The smallest absolute Gasteiger partial charge is 0.239 e. The Hall–Kier alpha value is -3.29. The highest BCUT2D eigenvalue weighted by Gasteiger charge is 2.29. The molecule has 6 nitrogen and oxygen atoms in total. The molecule has 8 heteroatoms. The van der Waals surface area contributed by atoms with E-state index in [0.29, 0.717) is 28.2 Å². The Morgan fingerprint density at radius 2 is 1.97 bits per heavy atom. The van der Waals surface area contributed by atoms with Crippen LogP contribution >= 0.6 is 23.4 Å². The van der Waals surface area contributed by atoms with Crippen LogP contribution in [0, 0.1) is 0 Å². The summed E-state index contributed by atoms with van der Waals surface area (Å²) in [5.41, 5.74) is 3.87. The topological polar surface area (TPSA) is 74.0 Å². The van der Waals surface area contributed by atoms with Crippen molar-refractivity contribution in [3.63, 3.8) is 0 Å². The molecule has 0 bridgehead atoms. The lowest BCUT2D eigenvalue weighted by Crippen LogP contribution is -2.28. The third-order valence-corrected chi connectivity index (χ3v) is 6.16. The Bertz CT molecular complexity index is 1290. The van der Waals surface area contributed by atoms with Crippen LogP contribution in [0.1, 0.15) is 11.3 Å². The zero-order chi connectivity index (χ0) is 21.2. The van der Waals surface area contributed by atoms with Crippen molar-refractivity contribution in [1.82, 2.24) is 9.88 Å². The van der Waals surface area contributed by atoms with E-state index in [1.54, 1.807) is 23.4 Å². The van der Waals surface area contributed by atoms with Gasteiger partial charge in [0.2, 0.25) is 5.91 Å². The maximum Gasteiger partial charge on any atom is 0.239 e. The molecule has 1 aliphatic heterocycles. The van der Waals surface area contributed by atoms with E-state index in [-0.39, 0.29) is 5.91 Å². The first-order valence-corrected chi connectivity index (χ1v) is 11.0. The summed E-state index contributed by atoms with van der Waals surface area (Å²) in [5, 5.41) is 11.0. The first kappa shape index (κ1) is 19.7. The number of H-pyrrole nitrogens is 1. The van der Waals surface area contributed by atoms with E-state index in [2.05, 4.69) is 15.2 Å². The molecule has 5 rings (SSSR count). The van der Waals surface area contributed by atoms with Gasteiger partial charge in [-0.3, -0.25) is 9.69 Å². The zero-order valence-corrected chi connectivity index (χ0v) is 17.9. The first-order valence-electron chi connectivity index (χ1n) is 9.62. The Kier molecular flexibility index (Phi) is 5.36. The fourth-order valence-corrected chi connectivity index (χ4v) is 4.43. The van der Waals surface area contributed by atoms with Gasteiger partial charge in [-0.1, -0.05) is 53.7 Å². The first-order chi connectivity index (χ1) is 15.2. The fraction of sp³-hybridized carbons (Fsp3) is 0.0870. The fourth-order valence-electron chi connectivity index (χ4n) is 3.46. The molecule has 0 radical (unpaired) electrons. The predicted molar refractivity (Wildman–Crippen MR) is 125 cm³/mol. The number of amidine groups is 1. The lowest BCUT2D eigenvalue weighted by Gasteiger charge is -2.12. The molecule has 2 aromatic heterocycles. The van der Waals surface area contributed by atoms with Crippen molar-refractivity contribution >= 4 is 51.6 Å². The van der Waals surface area contributed by atoms with E-state index in [1.165, 1.54) is 11.8 Å². The van der Waals surface area contributed by atoms with Gasteiger partial charge in [0.1, 0.15) is 5.76 Å². The van der Waals surface area contributed by atoms with Crippen LogP contribution in [-0.4, -0.2) is 32.9 Å². The summed E-state index contributed by atoms with van der Waals surface area (Å²) in [6.45, 7) is 0.344. The number of rotatable bonds is 5. The van der Waals surface area contributed by atoms with Crippen LogP contribution in [0.3, 0.4) is 0 Å². The number of halogens is 1. The second-order valence-corrected chi connectivity index (χ2v) is 8.32. The molecule has 0 saturated carbocycles. The summed E-state index contributed by atoms with van der Waals surface area (Å²) in [7, 11) is 0. The molecule has 2 aromatic carbocycles. The van der Waals surface area contributed by atoms with Gasteiger partial charge in [0.05, 0.1) is 30.5 Å². The van der Waals surface area contributed by atoms with Gasteiger partial charge in [0.25, 0.3) is 0 Å². The van der Waals surface area contributed by atoms with Gasteiger partial charge in [-0.2, -0.15) is 5.10 Å². The zero-order valence-electron chi connectivity index (χ0n) is 16.3. The molecule has 0 spiro atoms. The number of fused-ring (bicyclic) bond motifs is 1. The number of nitrogens with one attached hydrogen (secondary N) is 1. The molecule has 1 saturated heterocycles. The third kappa shape index (κ3) is 4.02. The second kappa shape index (κ2) is 8.45. The number of para-hydroxylation sites is 1. The molecule has 0 aliphatic carbocycles. The highest BCUT2D eigenvalue weighted by Crippen LogP contribution is 2.30. The standard InChI is InChI=1S/C23H17ClN4O2S/c24-16-9-7-15(8-10-16)22-19(18-5-1-2-6-20(18)26-22)12-25-27-23-28(21(29)14-31-23)13-17-4-3-11-30-17/h1-12,26H,13-14H2/b25-12+,27-23+. The van der Waals surface area contributed by atoms with E-state index < -0.39 is 0 Å². The van der Waals surface area contributed by atoms with Gasteiger partial charge in [0, 0.05) is 21.5 Å². The maximum absolute atomic E-state index is 12.3. The lowest BCUT2D eigenvalue weighted by atomic mass is 10.1. The summed E-state index contributed by atoms with van der Waals surface area (Å²) in [5.74, 6) is 1.04. The Morgan fingerprint density at radius 1 is 1.13 bits per heavy atom. The molecule has 4 aromatic rings.